The monoisotopic (exact) mass is 185 g/mol. The number of nitrogens with two attached hydrogens (primary N) is 1. The lowest BCUT2D eigenvalue weighted by molar-refractivity contribution is -0.143. The average molecular weight is 185 g/mol. The third-order valence-corrected chi connectivity index (χ3v) is 3.46. The highest BCUT2D eigenvalue weighted by atomic mass is 16.4. The van der Waals surface area contributed by atoms with Crippen molar-refractivity contribution in [1.29, 1.82) is 0 Å². The average Bonchev–Trinajstić information content (AvgIpc) is 2.32. The molecule has 0 radical (unpaired) electrons. The summed E-state index contributed by atoms with van der Waals surface area (Å²) in [6.07, 6.45) is 2.05. The van der Waals surface area contributed by atoms with Crippen LogP contribution in [0.1, 0.15) is 26.7 Å². The van der Waals surface area contributed by atoms with Crippen LogP contribution in [0.4, 0.5) is 0 Å². The van der Waals surface area contributed by atoms with Crippen molar-refractivity contribution in [3.63, 3.8) is 0 Å². The molecule has 3 nitrogen and oxygen atoms in total. The smallest absolute Gasteiger partial charge is 0.308 e. The number of carboxylic acids is 1. The van der Waals surface area contributed by atoms with E-state index < -0.39 is 5.97 Å². The van der Waals surface area contributed by atoms with Gasteiger partial charge >= 0.3 is 5.97 Å². The zero-order valence-electron chi connectivity index (χ0n) is 8.36. The van der Waals surface area contributed by atoms with Gasteiger partial charge in [-0.05, 0) is 30.6 Å². The van der Waals surface area contributed by atoms with Crippen molar-refractivity contribution in [2.24, 2.45) is 29.4 Å². The normalized spacial score (nSPS) is 31.9. The van der Waals surface area contributed by atoms with Crippen LogP contribution in [0.3, 0.4) is 0 Å². The molecule has 0 heterocycles. The summed E-state index contributed by atoms with van der Waals surface area (Å²) in [7, 11) is 0. The van der Waals surface area contributed by atoms with Gasteiger partial charge in [0, 0.05) is 6.54 Å². The van der Waals surface area contributed by atoms with E-state index in [9.17, 15) is 4.79 Å². The molecule has 1 unspecified atom stereocenters. The van der Waals surface area contributed by atoms with Gasteiger partial charge in [0.05, 0.1) is 5.92 Å². The zero-order valence-corrected chi connectivity index (χ0v) is 8.36. The van der Waals surface area contributed by atoms with Gasteiger partial charge in [0.1, 0.15) is 0 Å². The number of carbonyl (C=O) groups is 1. The van der Waals surface area contributed by atoms with E-state index in [2.05, 4.69) is 13.8 Å². The minimum atomic E-state index is -0.728. The van der Waals surface area contributed by atoms with Crippen LogP contribution in [-0.4, -0.2) is 17.6 Å². The first kappa shape index (κ1) is 10.5. The summed E-state index contributed by atoms with van der Waals surface area (Å²) in [4.78, 5) is 10.9. The fourth-order valence-electron chi connectivity index (χ4n) is 2.34. The minimum absolute atomic E-state index is 0.277. The number of aliphatic carboxylic acids is 1. The van der Waals surface area contributed by atoms with Gasteiger partial charge in [-0.25, -0.2) is 0 Å². The lowest BCUT2D eigenvalue weighted by Gasteiger charge is -2.17. The molecule has 3 heteroatoms. The van der Waals surface area contributed by atoms with Gasteiger partial charge in [0.2, 0.25) is 0 Å². The van der Waals surface area contributed by atoms with Crippen molar-refractivity contribution in [3.8, 4) is 0 Å². The van der Waals surface area contributed by atoms with Crippen LogP contribution in [0.2, 0.25) is 0 Å². The molecular weight excluding hydrogens is 166 g/mol. The predicted molar refractivity (Wildman–Crippen MR) is 51.2 cm³/mol. The molecule has 13 heavy (non-hydrogen) atoms. The molecule has 0 spiro atoms. The highest BCUT2D eigenvalue weighted by Crippen LogP contribution is 2.39. The second-order valence-electron chi connectivity index (χ2n) is 4.37. The maximum absolute atomic E-state index is 10.9. The molecule has 76 valence electrons. The Balaban J connectivity index is 2.57. The molecule has 1 aliphatic carbocycles. The van der Waals surface area contributed by atoms with Gasteiger partial charge in [-0.3, -0.25) is 4.79 Å². The molecule has 1 saturated carbocycles. The molecule has 0 aromatic carbocycles. The first-order valence-corrected chi connectivity index (χ1v) is 4.99. The van der Waals surface area contributed by atoms with E-state index in [-0.39, 0.29) is 12.5 Å². The maximum atomic E-state index is 10.9. The van der Waals surface area contributed by atoms with E-state index in [0.717, 1.165) is 12.8 Å². The topological polar surface area (TPSA) is 63.3 Å². The summed E-state index contributed by atoms with van der Waals surface area (Å²) < 4.78 is 0. The highest BCUT2D eigenvalue weighted by Gasteiger charge is 2.35. The van der Waals surface area contributed by atoms with E-state index in [1.807, 2.05) is 0 Å². The van der Waals surface area contributed by atoms with Crippen LogP contribution in [0.15, 0.2) is 0 Å². The number of carboxylic acid groups (broad SMARTS) is 1. The Bertz CT molecular complexity index is 183. The summed E-state index contributed by atoms with van der Waals surface area (Å²) >= 11 is 0. The lowest BCUT2D eigenvalue weighted by atomic mass is 9.90. The van der Waals surface area contributed by atoms with Crippen molar-refractivity contribution in [2.75, 3.05) is 6.54 Å². The Morgan fingerprint density at radius 3 is 2.23 bits per heavy atom. The fourth-order valence-corrected chi connectivity index (χ4v) is 2.34. The summed E-state index contributed by atoms with van der Waals surface area (Å²) in [5.41, 5.74) is 5.46. The minimum Gasteiger partial charge on any atom is -0.481 e. The molecule has 0 bridgehead atoms. The van der Waals surface area contributed by atoms with Crippen molar-refractivity contribution in [3.05, 3.63) is 0 Å². The zero-order chi connectivity index (χ0) is 10.0. The number of hydrogen-bond donors (Lipinski definition) is 2. The summed E-state index contributed by atoms with van der Waals surface area (Å²) in [6.45, 7) is 4.67. The van der Waals surface area contributed by atoms with Crippen LogP contribution >= 0.6 is 0 Å². The van der Waals surface area contributed by atoms with E-state index in [0.29, 0.717) is 17.8 Å². The van der Waals surface area contributed by atoms with E-state index in [1.165, 1.54) is 0 Å². The molecule has 3 atom stereocenters. The SMILES string of the molecule is C[C@H]1CC(C(CN)C(=O)O)C[C@@H]1C. The number of rotatable bonds is 3. The van der Waals surface area contributed by atoms with Gasteiger partial charge in [0.25, 0.3) is 0 Å². The van der Waals surface area contributed by atoms with Crippen LogP contribution < -0.4 is 5.73 Å². The molecule has 1 aliphatic rings. The molecule has 3 N–H and O–H groups in total. The quantitative estimate of drug-likeness (QED) is 0.697. The largest absolute Gasteiger partial charge is 0.481 e. The molecule has 0 aliphatic heterocycles. The standard InChI is InChI=1S/C10H19NO2/c1-6-3-8(4-7(6)2)9(5-11)10(12)13/h6-9H,3-5,11H2,1-2H3,(H,12,13)/t6-,7-,9?/m0/s1. The van der Waals surface area contributed by atoms with Crippen LogP contribution in [-0.2, 0) is 4.79 Å². The van der Waals surface area contributed by atoms with Gasteiger partial charge in [-0.2, -0.15) is 0 Å². The lowest BCUT2D eigenvalue weighted by Crippen LogP contribution is -2.29. The molecule has 0 aromatic rings. The van der Waals surface area contributed by atoms with Gasteiger partial charge in [-0.1, -0.05) is 13.8 Å². The van der Waals surface area contributed by atoms with Crippen LogP contribution in [0, 0.1) is 23.7 Å². The van der Waals surface area contributed by atoms with Gasteiger partial charge in [0.15, 0.2) is 0 Å². The van der Waals surface area contributed by atoms with Crippen molar-refractivity contribution < 1.29 is 9.90 Å². The van der Waals surface area contributed by atoms with E-state index in [1.54, 1.807) is 0 Å². The Hall–Kier alpha value is -0.570. The van der Waals surface area contributed by atoms with Crippen molar-refractivity contribution in [2.45, 2.75) is 26.7 Å². The number of hydrogen-bond acceptors (Lipinski definition) is 2. The molecular formula is C10H19NO2. The van der Waals surface area contributed by atoms with Crippen molar-refractivity contribution in [1.82, 2.24) is 0 Å². The Kier molecular flexibility index (Phi) is 3.31. The summed E-state index contributed by atoms with van der Waals surface area (Å²) in [6, 6.07) is 0. The second kappa shape index (κ2) is 4.09. The van der Waals surface area contributed by atoms with E-state index in [4.69, 9.17) is 10.8 Å². The second-order valence-corrected chi connectivity index (χ2v) is 4.37. The van der Waals surface area contributed by atoms with Gasteiger partial charge in [-0.15, -0.1) is 0 Å². The Morgan fingerprint density at radius 2 is 1.92 bits per heavy atom. The third-order valence-electron chi connectivity index (χ3n) is 3.46. The molecule has 0 amide bonds. The molecule has 1 rings (SSSR count). The van der Waals surface area contributed by atoms with E-state index >= 15 is 0 Å². The molecule has 1 fully saturated rings. The fraction of sp³-hybridized carbons (Fsp3) is 0.900. The predicted octanol–water partition coefficient (Wildman–Crippen LogP) is 1.33. The van der Waals surface area contributed by atoms with Crippen LogP contribution in [0.5, 0.6) is 0 Å². The third kappa shape index (κ3) is 2.21. The first-order chi connectivity index (χ1) is 6.06. The Labute approximate surface area is 79.3 Å². The van der Waals surface area contributed by atoms with Crippen LogP contribution in [0.25, 0.3) is 0 Å². The van der Waals surface area contributed by atoms with Crippen molar-refractivity contribution >= 4 is 5.97 Å². The maximum Gasteiger partial charge on any atom is 0.308 e. The highest BCUT2D eigenvalue weighted by molar-refractivity contribution is 5.70. The molecule has 0 saturated heterocycles. The van der Waals surface area contributed by atoms with Gasteiger partial charge < -0.3 is 10.8 Å². The Morgan fingerprint density at radius 1 is 1.46 bits per heavy atom. The summed E-state index contributed by atoms with van der Waals surface area (Å²) in [5.74, 6) is 0.547. The summed E-state index contributed by atoms with van der Waals surface area (Å²) in [5, 5.41) is 8.93. The first-order valence-electron chi connectivity index (χ1n) is 4.99. The molecule has 0 aromatic heterocycles.